The Bertz CT molecular complexity index is 325. The lowest BCUT2D eigenvalue weighted by atomic mass is 9.81. The highest BCUT2D eigenvalue weighted by Gasteiger charge is 2.32. The highest BCUT2D eigenvalue weighted by atomic mass is 16.5. The van der Waals surface area contributed by atoms with Crippen LogP contribution in [0.25, 0.3) is 0 Å². The lowest BCUT2D eigenvalue weighted by Gasteiger charge is -2.26. The number of esters is 2. The summed E-state index contributed by atoms with van der Waals surface area (Å²) in [5.74, 6) is -0.195. The van der Waals surface area contributed by atoms with Crippen molar-refractivity contribution in [2.24, 2.45) is 17.8 Å². The molecule has 0 bridgehead atoms. The number of rotatable bonds is 8. The van der Waals surface area contributed by atoms with E-state index in [9.17, 15) is 9.59 Å². The highest BCUT2D eigenvalue weighted by molar-refractivity contribution is 5.76. The Kier molecular flexibility index (Phi) is 8.40. The van der Waals surface area contributed by atoms with E-state index in [2.05, 4.69) is 6.92 Å². The minimum absolute atomic E-state index is 0.128. The minimum atomic E-state index is -0.146. The van der Waals surface area contributed by atoms with Gasteiger partial charge in [0, 0.05) is 0 Å². The zero-order chi connectivity index (χ0) is 15.7. The lowest BCUT2D eigenvalue weighted by Crippen LogP contribution is -2.30. The second-order valence-corrected chi connectivity index (χ2v) is 6.46. The Morgan fingerprint density at radius 3 is 2.24 bits per heavy atom. The van der Waals surface area contributed by atoms with Crippen molar-refractivity contribution >= 4 is 11.9 Å². The first-order chi connectivity index (χ1) is 10.0. The van der Waals surface area contributed by atoms with Gasteiger partial charge in [-0.05, 0) is 31.6 Å². The molecule has 0 aromatic heterocycles. The van der Waals surface area contributed by atoms with Crippen LogP contribution in [0.4, 0.5) is 0 Å². The number of hydrogen-bond acceptors (Lipinski definition) is 4. The molecule has 122 valence electrons. The molecule has 1 rings (SSSR count). The van der Waals surface area contributed by atoms with Gasteiger partial charge in [-0.15, -0.1) is 0 Å². The van der Waals surface area contributed by atoms with Crippen LogP contribution in [-0.4, -0.2) is 25.2 Å². The molecule has 1 aliphatic carbocycles. The fraction of sp³-hybridized carbons (Fsp3) is 0.882. The number of carbonyl (C=O) groups is 2. The van der Waals surface area contributed by atoms with E-state index in [-0.39, 0.29) is 23.8 Å². The second-order valence-electron chi connectivity index (χ2n) is 6.46. The van der Waals surface area contributed by atoms with E-state index in [0.29, 0.717) is 25.6 Å². The molecular weight excluding hydrogens is 268 g/mol. The summed E-state index contributed by atoms with van der Waals surface area (Å²) in [7, 11) is 0. The first kappa shape index (κ1) is 18.0. The summed E-state index contributed by atoms with van der Waals surface area (Å²) in [6.07, 6.45) is 6.28. The van der Waals surface area contributed by atoms with Gasteiger partial charge < -0.3 is 9.47 Å². The molecule has 0 spiro atoms. The molecule has 2 atom stereocenters. The Morgan fingerprint density at radius 2 is 1.67 bits per heavy atom. The van der Waals surface area contributed by atoms with Crippen LogP contribution in [0.2, 0.25) is 0 Å². The van der Waals surface area contributed by atoms with Gasteiger partial charge in [0.15, 0.2) is 0 Å². The molecule has 0 aromatic carbocycles. The molecule has 0 amide bonds. The topological polar surface area (TPSA) is 52.6 Å². The molecule has 4 heteroatoms. The summed E-state index contributed by atoms with van der Waals surface area (Å²) in [6.45, 7) is 7.12. The van der Waals surface area contributed by atoms with Crippen LogP contribution in [0.5, 0.6) is 0 Å². The van der Waals surface area contributed by atoms with Gasteiger partial charge in [-0.2, -0.15) is 0 Å². The molecule has 0 radical (unpaired) electrons. The van der Waals surface area contributed by atoms with Crippen LogP contribution in [-0.2, 0) is 19.1 Å². The number of ether oxygens (including phenoxy) is 2. The van der Waals surface area contributed by atoms with Gasteiger partial charge in [-0.1, -0.05) is 40.0 Å². The Hall–Kier alpha value is -1.06. The maximum atomic E-state index is 12.0. The summed E-state index contributed by atoms with van der Waals surface area (Å²) in [5.41, 5.74) is 0. The van der Waals surface area contributed by atoms with Crippen molar-refractivity contribution in [3.05, 3.63) is 0 Å². The van der Waals surface area contributed by atoms with Crippen molar-refractivity contribution in [3.8, 4) is 0 Å². The third-order valence-electron chi connectivity index (χ3n) is 3.89. The molecule has 0 N–H and O–H groups in total. The van der Waals surface area contributed by atoms with Crippen molar-refractivity contribution in [1.82, 2.24) is 0 Å². The summed E-state index contributed by atoms with van der Waals surface area (Å²) in [4.78, 5) is 24.0. The van der Waals surface area contributed by atoms with Gasteiger partial charge in [0.1, 0.15) is 0 Å². The van der Waals surface area contributed by atoms with Crippen LogP contribution in [0, 0.1) is 17.8 Å². The summed E-state index contributed by atoms with van der Waals surface area (Å²) < 4.78 is 10.6. The van der Waals surface area contributed by atoms with E-state index in [0.717, 1.165) is 38.5 Å². The van der Waals surface area contributed by atoms with Gasteiger partial charge in [-0.3, -0.25) is 9.59 Å². The molecule has 0 aliphatic heterocycles. The van der Waals surface area contributed by atoms with E-state index >= 15 is 0 Å². The average Bonchev–Trinajstić information content (AvgIpc) is 2.49. The van der Waals surface area contributed by atoms with Crippen molar-refractivity contribution in [2.75, 3.05) is 13.2 Å². The number of unbranched alkanes of at least 4 members (excludes halogenated alkanes) is 2. The molecule has 0 heterocycles. The lowest BCUT2D eigenvalue weighted by molar-refractivity contribution is -0.155. The van der Waals surface area contributed by atoms with Gasteiger partial charge in [0.25, 0.3) is 0 Å². The largest absolute Gasteiger partial charge is 0.465 e. The minimum Gasteiger partial charge on any atom is -0.465 e. The van der Waals surface area contributed by atoms with Crippen LogP contribution in [0.15, 0.2) is 0 Å². The van der Waals surface area contributed by atoms with E-state index in [1.54, 1.807) is 0 Å². The molecular formula is C17H30O4. The second kappa shape index (κ2) is 9.80. The predicted molar refractivity (Wildman–Crippen MR) is 81.7 cm³/mol. The van der Waals surface area contributed by atoms with Crippen LogP contribution < -0.4 is 0 Å². The van der Waals surface area contributed by atoms with Crippen molar-refractivity contribution in [2.45, 2.75) is 65.7 Å². The van der Waals surface area contributed by atoms with Gasteiger partial charge in [0.05, 0.1) is 25.0 Å². The zero-order valence-corrected chi connectivity index (χ0v) is 13.7. The van der Waals surface area contributed by atoms with Crippen LogP contribution in [0.3, 0.4) is 0 Å². The Morgan fingerprint density at radius 1 is 1.05 bits per heavy atom. The Labute approximate surface area is 128 Å². The molecule has 0 saturated heterocycles. The fourth-order valence-electron chi connectivity index (χ4n) is 2.63. The number of hydrogen-bond donors (Lipinski definition) is 0. The molecule has 1 saturated carbocycles. The molecule has 1 aliphatic rings. The van der Waals surface area contributed by atoms with Crippen LogP contribution in [0.1, 0.15) is 65.7 Å². The number of carbonyl (C=O) groups excluding carboxylic acids is 2. The first-order valence-electron chi connectivity index (χ1n) is 8.37. The predicted octanol–water partition coefficient (Wildman–Crippen LogP) is 3.73. The van der Waals surface area contributed by atoms with E-state index < -0.39 is 0 Å². The average molecular weight is 298 g/mol. The van der Waals surface area contributed by atoms with Crippen molar-refractivity contribution < 1.29 is 19.1 Å². The zero-order valence-electron chi connectivity index (χ0n) is 13.7. The molecule has 4 nitrogen and oxygen atoms in total. The van der Waals surface area contributed by atoms with Gasteiger partial charge in [0.2, 0.25) is 0 Å². The SMILES string of the molecule is CCCCCOC(=O)C1CCCC(C(=O)OCC(C)C)C1. The third-order valence-corrected chi connectivity index (χ3v) is 3.89. The van der Waals surface area contributed by atoms with Crippen molar-refractivity contribution in [1.29, 1.82) is 0 Å². The molecule has 2 unspecified atom stereocenters. The Balaban J connectivity index is 2.33. The highest BCUT2D eigenvalue weighted by Crippen LogP contribution is 2.31. The van der Waals surface area contributed by atoms with Gasteiger partial charge in [-0.25, -0.2) is 0 Å². The van der Waals surface area contributed by atoms with E-state index in [4.69, 9.17) is 9.47 Å². The fourth-order valence-corrected chi connectivity index (χ4v) is 2.63. The summed E-state index contributed by atoms with van der Waals surface area (Å²) in [5, 5.41) is 0. The van der Waals surface area contributed by atoms with E-state index in [1.807, 2.05) is 13.8 Å². The van der Waals surface area contributed by atoms with Crippen LogP contribution >= 0.6 is 0 Å². The maximum Gasteiger partial charge on any atom is 0.308 e. The molecule has 0 aromatic rings. The smallest absolute Gasteiger partial charge is 0.308 e. The molecule has 1 fully saturated rings. The quantitative estimate of drug-likeness (QED) is 0.506. The first-order valence-corrected chi connectivity index (χ1v) is 8.37. The van der Waals surface area contributed by atoms with Gasteiger partial charge >= 0.3 is 11.9 Å². The normalized spacial score (nSPS) is 22.1. The monoisotopic (exact) mass is 298 g/mol. The van der Waals surface area contributed by atoms with Crippen molar-refractivity contribution in [3.63, 3.8) is 0 Å². The summed E-state index contributed by atoms with van der Waals surface area (Å²) >= 11 is 0. The third kappa shape index (κ3) is 6.96. The standard InChI is InChI=1S/C17H30O4/c1-4-5-6-10-20-16(18)14-8-7-9-15(11-14)17(19)21-12-13(2)3/h13-15H,4-12H2,1-3H3. The molecule has 21 heavy (non-hydrogen) atoms. The van der Waals surface area contributed by atoms with E-state index in [1.165, 1.54) is 0 Å². The summed E-state index contributed by atoms with van der Waals surface area (Å²) in [6, 6.07) is 0. The maximum absolute atomic E-state index is 12.0.